The van der Waals surface area contributed by atoms with Crippen LogP contribution in [0.5, 0.6) is 0 Å². The Morgan fingerprint density at radius 3 is 2.70 bits per heavy atom. The highest BCUT2D eigenvalue weighted by atomic mass is 16.5. The normalized spacial score (nSPS) is 27.2. The summed E-state index contributed by atoms with van der Waals surface area (Å²) in [6.45, 7) is 2.68. The van der Waals surface area contributed by atoms with Gasteiger partial charge in [0.15, 0.2) is 0 Å². The maximum absolute atomic E-state index is 8.93. The largest absolute Gasteiger partial charge is 0.374 e. The Kier molecular flexibility index (Phi) is 4.02. The van der Waals surface area contributed by atoms with Crippen LogP contribution >= 0.6 is 0 Å². The lowest BCUT2D eigenvalue weighted by atomic mass is 9.96. The van der Waals surface area contributed by atoms with Crippen LogP contribution in [-0.2, 0) is 4.74 Å². The molecule has 1 saturated heterocycles. The van der Waals surface area contributed by atoms with E-state index in [2.05, 4.69) is 28.4 Å². The standard InChI is InChI=1S/C16H21N3O/c1-18-11-15-16(13-4-2-12(10-17)3-5-13)19(8-9-20-15)14-6-7-14/h2-5,14-16,18H,6-9,11H2,1H3. The van der Waals surface area contributed by atoms with Crippen molar-refractivity contribution in [2.45, 2.75) is 31.0 Å². The van der Waals surface area contributed by atoms with Crippen LogP contribution in [0.25, 0.3) is 0 Å². The zero-order chi connectivity index (χ0) is 13.9. The number of benzene rings is 1. The second-order valence-corrected chi connectivity index (χ2v) is 5.61. The molecular formula is C16H21N3O. The van der Waals surface area contributed by atoms with Crippen molar-refractivity contribution in [2.24, 2.45) is 0 Å². The van der Waals surface area contributed by atoms with E-state index in [1.165, 1.54) is 18.4 Å². The van der Waals surface area contributed by atoms with Gasteiger partial charge in [0.25, 0.3) is 0 Å². The maximum atomic E-state index is 8.93. The predicted molar refractivity (Wildman–Crippen MR) is 77.3 cm³/mol. The zero-order valence-electron chi connectivity index (χ0n) is 11.9. The lowest BCUT2D eigenvalue weighted by Crippen LogP contribution is -2.49. The molecule has 2 aliphatic rings. The van der Waals surface area contributed by atoms with Crippen LogP contribution in [0.2, 0.25) is 0 Å². The van der Waals surface area contributed by atoms with Gasteiger partial charge in [-0.2, -0.15) is 5.26 Å². The third kappa shape index (κ3) is 2.71. The van der Waals surface area contributed by atoms with Gasteiger partial charge >= 0.3 is 0 Å². The summed E-state index contributed by atoms with van der Waals surface area (Å²) in [6, 6.07) is 11.2. The van der Waals surface area contributed by atoms with E-state index >= 15 is 0 Å². The van der Waals surface area contributed by atoms with Gasteiger partial charge in [0.2, 0.25) is 0 Å². The third-order valence-electron chi connectivity index (χ3n) is 4.19. The molecule has 2 unspecified atom stereocenters. The van der Waals surface area contributed by atoms with Gasteiger partial charge < -0.3 is 10.1 Å². The van der Waals surface area contributed by atoms with Crippen molar-refractivity contribution in [3.8, 4) is 6.07 Å². The smallest absolute Gasteiger partial charge is 0.0991 e. The molecule has 20 heavy (non-hydrogen) atoms. The zero-order valence-corrected chi connectivity index (χ0v) is 11.9. The van der Waals surface area contributed by atoms with Crippen LogP contribution in [-0.4, -0.2) is 43.8 Å². The van der Waals surface area contributed by atoms with Gasteiger partial charge in [-0.1, -0.05) is 12.1 Å². The highest BCUT2D eigenvalue weighted by molar-refractivity contribution is 5.33. The number of hydrogen-bond acceptors (Lipinski definition) is 4. The summed E-state index contributed by atoms with van der Waals surface area (Å²) in [5.41, 5.74) is 1.98. The average Bonchev–Trinajstić information content (AvgIpc) is 3.32. The molecule has 0 aromatic heterocycles. The van der Waals surface area contributed by atoms with Crippen LogP contribution in [0.4, 0.5) is 0 Å². The van der Waals surface area contributed by atoms with Crippen molar-refractivity contribution in [1.29, 1.82) is 5.26 Å². The van der Waals surface area contributed by atoms with Crippen LogP contribution < -0.4 is 5.32 Å². The van der Waals surface area contributed by atoms with Crippen LogP contribution in [0.3, 0.4) is 0 Å². The third-order valence-corrected chi connectivity index (χ3v) is 4.19. The molecule has 1 saturated carbocycles. The first kappa shape index (κ1) is 13.6. The number of ether oxygens (including phenoxy) is 1. The Labute approximate surface area is 120 Å². The highest BCUT2D eigenvalue weighted by Gasteiger charge is 2.40. The summed E-state index contributed by atoms with van der Waals surface area (Å²) in [5, 5.41) is 12.2. The maximum Gasteiger partial charge on any atom is 0.0991 e. The van der Waals surface area contributed by atoms with E-state index in [1.54, 1.807) is 0 Å². The fraction of sp³-hybridized carbons (Fsp3) is 0.562. The van der Waals surface area contributed by atoms with E-state index in [4.69, 9.17) is 10.00 Å². The summed E-state index contributed by atoms with van der Waals surface area (Å²) < 4.78 is 5.98. The Balaban J connectivity index is 1.87. The van der Waals surface area contributed by atoms with Crippen molar-refractivity contribution in [1.82, 2.24) is 10.2 Å². The number of morpholine rings is 1. The molecule has 4 heteroatoms. The molecule has 4 nitrogen and oxygen atoms in total. The van der Waals surface area contributed by atoms with E-state index in [-0.39, 0.29) is 6.10 Å². The molecule has 1 N–H and O–H groups in total. The molecule has 0 radical (unpaired) electrons. The van der Waals surface area contributed by atoms with Gasteiger partial charge in [0.1, 0.15) is 0 Å². The molecule has 1 aromatic carbocycles. The van der Waals surface area contributed by atoms with Gasteiger partial charge in [0.05, 0.1) is 30.4 Å². The van der Waals surface area contributed by atoms with Crippen LogP contribution in [0.1, 0.15) is 30.0 Å². The monoisotopic (exact) mass is 271 g/mol. The summed E-state index contributed by atoms with van der Waals surface area (Å²) in [5.74, 6) is 0. The van der Waals surface area contributed by atoms with Gasteiger partial charge in [-0.15, -0.1) is 0 Å². The Morgan fingerprint density at radius 2 is 2.10 bits per heavy atom. The summed E-state index contributed by atoms with van der Waals surface area (Å²) in [6.07, 6.45) is 2.79. The van der Waals surface area contributed by atoms with Gasteiger partial charge in [-0.25, -0.2) is 0 Å². The lowest BCUT2D eigenvalue weighted by Gasteiger charge is -2.42. The van der Waals surface area contributed by atoms with Crippen molar-refractivity contribution in [2.75, 3.05) is 26.7 Å². The second-order valence-electron chi connectivity index (χ2n) is 5.61. The minimum Gasteiger partial charge on any atom is -0.374 e. The molecule has 3 rings (SSSR count). The van der Waals surface area contributed by atoms with Gasteiger partial charge in [-0.05, 0) is 37.6 Å². The second kappa shape index (κ2) is 5.92. The molecule has 0 bridgehead atoms. The molecule has 1 aliphatic carbocycles. The first-order chi connectivity index (χ1) is 9.83. The van der Waals surface area contributed by atoms with E-state index in [9.17, 15) is 0 Å². The molecule has 1 heterocycles. The predicted octanol–water partition coefficient (Wildman–Crippen LogP) is 1.68. The fourth-order valence-corrected chi connectivity index (χ4v) is 3.10. The van der Waals surface area contributed by atoms with E-state index in [0.717, 1.165) is 25.7 Å². The quantitative estimate of drug-likeness (QED) is 0.905. The highest BCUT2D eigenvalue weighted by Crippen LogP contribution is 2.38. The Hall–Kier alpha value is -1.41. The SMILES string of the molecule is CNCC1OCCN(C2CC2)C1c1ccc(C#N)cc1. The Bertz CT molecular complexity index is 487. The molecular weight excluding hydrogens is 250 g/mol. The first-order valence-electron chi connectivity index (χ1n) is 7.35. The number of nitrogens with one attached hydrogen (secondary N) is 1. The topological polar surface area (TPSA) is 48.3 Å². The fourth-order valence-electron chi connectivity index (χ4n) is 3.10. The number of nitrogens with zero attached hydrogens (tertiary/aromatic N) is 2. The molecule has 106 valence electrons. The van der Waals surface area contributed by atoms with Crippen molar-refractivity contribution < 1.29 is 4.74 Å². The van der Waals surface area contributed by atoms with Crippen molar-refractivity contribution in [3.05, 3.63) is 35.4 Å². The van der Waals surface area contributed by atoms with Gasteiger partial charge in [-0.3, -0.25) is 4.90 Å². The number of nitriles is 1. The summed E-state index contributed by atoms with van der Waals surface area (Å²) in [7, 11) is 1.97. The lowest BCUT2D eigenvalue weighted by molar-refractivity contribution is -0.0740. The van der Waals surface area contributed by atoms with Crippen LogP contribution in [0, 0.1) is 11.3 Å². The minimum atomic E-state index is 0.183. The number of rotatable bonds is 4. The van der Waals surface area contributed by atoms with Crippen LogP contribution in [0.15, 0.2) is 24.3 Å². The van der Waals surface area contributed by atoms with E-state index in [0.29, 0.717) is 11.6 Å². The molecule has 2 fully saturated rings. The summed E-state index contributed by atoms with van der Waals surface area (Å²) >= 11 is 0. The van der Waals surface area contributed by atoms with Crippen molar-refractivity contribution >= 4 is 0 Å². The molecule has 1 aromatic rings. The Morgan fingerprint density at radius 1 is 1.35 bits per heavy atom. The van der Waals surface area contributed by atoms with Gasteiger partial charge in [0, 0.05) is 19.1 Å². The molecule has 0 amide bonds. The van der Waals surface area contributed by atoms with E-state index in [1.807, 2.05) is 19.2 Å². The molecule has 2 atom stereocenters. The van der Waals surface area contributed by atoms with Crippen molar-refractivity contribution in [3.63, 3.8) is 0 Å². The first-order valence-corrected chi connectivity index (χ1v) is 7.35. The summed E-state index contributed by atoms with van der Waals surface area (Å²) in [4.78, 5) is 2.59. The molecule has 1 aliphatic heterocycles. The number of hydrogen-bond donors (Lipinski definition) is 1. The molecule has 0 spiro atoms. The van der Waals surface area contributed by atoms with E-state index < -0.39 is 0 Å². The number of likely N-dealkylation sites (N-methyl/N-ethyl adjacent to an activating group) is 1. The minimum absolute atomic E-state index is 0.183. The average molecular weight is 271 g/mol.